The van der Waals surface area contributed by atoms with Gasteiger partial charge in [-0.15, -0.1) is 0 Å². The van der Waals surface area contributed by atoms with Crippen LogP contribution in [0.25, 0.3) is 21.9 Å². The fourth-order valence-electron chi connectivity index (χ4n) is 3.54. The smallest absolute Gasteiger partial charge is 0.232 e. The number of para-hydroxylation sites is 1. The lowest BCUT2D eigenvalue weighted by Gasteiger charge is -2.22. The predicted octanol–water partition coefficient (Wildman–Crippen LogP) is 6.08. The Bertz CT molecular complexity index is 1420. The number of hydrogen-bond acceptors (Lipinski definition) is 4. The van der Waals surface area contributed by atoms with E-state index in [-0.39, 0.29) is 23.9 Å². The third kappa shape index (κ3) is 4.85. The second-order valence-corrected chi connectivity index (χ2v) is 10.1. The van der Waals surface area contributed by atoms with E-state index >= 15 is 0 Å². The zero-order valence-electron chi connectivity index (χ0n) is 17.1. The third-order valence-electron chi connectivity index (χ3n) is 5.02. The lowest BCUT2D eigenvalue weighted by Crippen LogP contribution is -2.31. The summed E-state index contributed by atoms with van der Waals surface area (Å²) >= 11 is 11.9. The van der Waals surface area contributed by atoms with Crippen LogP contribution >= 0.6 is 23.2 Å². The van der Waals surface area contributed by atoms with Crippen molar-refractivity contribution in [2.24, 2.45) is 0 Å². The Balaban J connectivity index is 1.41. The summed E-state index contributed by atoms with van der Waals surface area (Å²) in [5, 5.41) is 5.43. The summed E-state index contributed by atoms with van der Waals surface area (Å²) in [6.07, 6.45) is 1.58. The molecule has 6 nitrogen and oxygen atoms in total. The molecule has 3 aromatic carbocycles. The number of halogens is 2. The molecule has 0 atom stereocenters. The number of nitrogens with zero attached hydrogens (tertiary/aromatic N) is 1. The number of carbonyl (C=O) groups is 1. The maximum atomic E-state index is 12.4. The van der Waals surface area contributed by atoms with Crippen molar-refractivity contribution < 1.29 is 17.6 Å². The van der Waals surface area contributed by atoms with Crippen molar-refractivity contribution in [3.8, 4) is 0 Å². The number of furan rings is 1. The molecule has 1 heterocycles. The van der Waals surface area contributed by atoms with Crippen LogP contribution in [0, 0.1) is 0 Å². The van der Waals surface area contributed by atoms with E-state index in [1.807, 2.05) is 36.4 Å². The summed E-state index contributed by atoms with van der Waals surface area (Å²) in [5.41, 5.74) is 2.49. The van der Waals surface area contributed by atoms with E-state index in [9.17, 15) is 13.2 Å². The van der Waals surface area contributed by atoms with Crippen LogP contribution in [0.1, 0.15) is 12.8 Å². The standard InChI is InChI=1S/C23H20Cl2N2O4S/c1-32(29,30)27(16-9-11-19(24)20(25)14-16)12-4-7-23(28)26-15-8-10-18-17-5-2-3-6-21(17)31-22(18)13-15/h2-3,5-6,8-11,13-14H,4,7,12H2,1H3,(H,26,28). The van der Waals surface area contributed by atoms with Crippen molar-refractivity contribution in [2.75, 3.05) is 22.4 Å². The Labute approximate surface area is 195 Å². The average molecular weight is 491 g/mol. The first-order chi connectivity index (χ1) is 15.2. The Hall–Kier alpha value is -2.74. The van der Waals surface area contributed by atoms with Gasteiger partial charge in [-0.3, -0.25) is 9.10 Å². The van der Waals surface area contributed by atoms with Crippen LogP contribution in [0.5, 0.6) is 0 Å². The zero-order valence-corrected chi connectivity index (χ0v) is 19.5. The highest BCUT2D eigenvalue weighted by atomic mass is 35.5. The summed E-state index contributed by atoms with van der Waals surface area (Å²) in [4.78, 5) is 12.4. The van der Waals surface area contributed by atoms with Crippen molar-refractivity contribution in [3.63, 3.8) is 0 Å². The van der Waals surface area contributed by atoms with Crippen molar-refractivity contribution in [2.45, 2.75) is 12.8 Å². The molecule has 0 spiro atoms. The van der Waals surface area contributed by atoms with Gasteiger partial charge in [0, 0.05) is 35.5 Å². The van der Waals surface area contributed by atoms with E-state index in [4.69, 9.17) is 27.6 Å². The monoisotopic (exact) mass is 490 g/mol. The van der Waals surface area contributed by atoms with E-state index in [2.05, 4.69) is 5.32 Å². The van der Waals surface area contributed by atoms with Gasteiger partial charge in [0.25, 0.3) is 0 Å². The minimum Gasteiger partial charge on any atom is -0.456 e. The first kappa shape index (κ1) is 22.5. The number of nitrogens with one attached hydrogen (secondary N) is 1. The maximum Gasteiger partial charge on any atom is 0.232 e. The number of anilines is 2. The highest BCUT2D eigenvalue weighted by Gasteiger charge is 2.19. The molecule has 32 heavy (non-hydrogen) atoms. The van der Waals surface area contributed by atoms with E-state index in [1.165, 1.54) is 16.4 Å². The Morgan fingerprint density at radius 1 is 0.969 bits per heavy atom. The molecule has 1 amide bonds. The van der Waals surface area contributed by atoms with Gasteiger partial charge >= 0.3 is 0 Å². The van der Waals surface area contributed by atoms with Gasteiger partial charge in [0.1, 0.15) is 11.2 Å². The Kier molecular flexibility index (Phi) is 6.33. The normalized spacial score (nSPS) is 11.7. The van der Waals surface area contributed by atoms with Crippen molar-refractivity contribution in [1.29, 1.82) is 0 Å². The topological polar surface area (TPSA) is 79.6 Å². The summed E-state index contributed by atoms with van der Waals surface area (Å²) < 4.78 is 31.5. The summed E-state index contributed by atoms with van der Waals surface area (Å²) in [6, 6.07) is 17.9. The molecular formula is C23H20Cl2N2O4S. The molecule has 0 aliphatic carbocycles. The molecule has 0 fully saturated rings. The van der Waals surface area contributed by atoms with E-state index in [0.29, 0.717) is 28.4 Å². The molecular weight excluding hydrogens is 471 g/mol. The number of sulfonamides is 1. The van der Waals surface area contributed by atoms with Crippen LogP contribution in [0.4, 0.5) is 11.4 Å². The molecule has 0 bridgehead atoms. The van der Waals surface area contributed by atoms with Gasteiger partial charge in [-0.05, 0) is 42.8 Å². The number of amides is 1. The molecule has 4 aromatic rings. The molecule has 0 unspecified atom stereocenters. The van der Waals surface area contributed by atoms with Crippen molar-refractivity contribution in [1.82, 2.24) is 0 Å². The fourth-order valence-corrected chi connectivity index (χ4v) is 4.79. The maximum absolute atomic E-state index is 12.4. The summed E-state index contributed by atoms with van der Waals surface area (Å²) in [5.74, 6) is -0.219. The Morgan fingerprint density at radius 2 is 1.72 bits per heavy atom. The zero-order chi connectivity index (χ0) is 22.9. The molecule has 166 valence electrons. The first-order valence-corrected chi connectivity index (χ1v) is 12.5. The highest BCUT2D eigenvalue weighted by molar-refractivity contribution is 7.92. The van der Waals surface area contributed by atoms with Crippen LogP contribution in [-0.4, -0.2) is 27.1 Å². The minimum absolute atomic E-state index is 0.132. The van der Waals surface area contributed by atoms with Gasteiger partial charge < -0.3 is 9.73 Å². The average Bonchev–Trinajstić information content (AvgIpc) is 3.10. The van der Waals surface area contributed by atoms with Crippen LogP contribution in [0.3, 0.4) is 0 Å². The second kappa shape index (κ2) is 9.02. The van der Waals surface area contributed by atoms with E-state index in [1.54, 1.807) is 12.1 Å². The largest absolute Gasteiger partial charge is 0.456 e. The molecule has 0 saturated carbocycles. The number of carbonyl (C=O) groups excluding carboxylic acids is 1. The predicted molar refractivity (Wildman–Crippen MR) is 130 cm³/mol. The van der Waals surface area contributed by atoms with E-state index in [0.717, 1.165) is 22.6 Å². The van der Waals surface area contributed by atoms with Gasteiger partial charge in [-0.2, -0.15) is 0 Å². The van der Waals surface area contributed by atoms with Crippen LogP contribution in [-0.2, 0) is 14.8 Å². The molecule has 1 aromatic heterocycles. The second-order valence-electron chi connectivity index (χ2n) is 7.39. The molecule has 0 aliphatic heterocycles. The SMILES string of the molecule is CS(=O)(=O)N(CCCC(=O)Nc1ccc2c(c1)oc1ccccc12)c1ccc(Cl)c(Cl)c1. The Morgan fingerprint density at radius 3 is 2.47 bits per heavy atom. The lowest BCUT2D eigenvalue weighted by molar-refractivity contribution is -0.116. The van der Waals surface area contributed by atoms with Crippen molar-refractivity contribution in [3.05, 3.63) is 70.7 Å². The quantitative estimate of drug-likeness (QED) is 0.340. The van der Waals surface area contributed by atoms with Gasteiger partial charge in [0.05, 0.1) is 22.0 Å². The van der Waals surface area contributed by atoms with Crippen LogP contribution < -0.4 is 9.62 Å². The molecule has 1 N–H and O–H groups in total. The number of benzene rings is 3. The van der Waals surface area contributed by atoms with Gasteiger partial charge in [0.15, 0.2) is 0 Å². The van der Waals surface area contributed by atoms with Crippen LogP contribution in [0.15, 0.2) is 65.1 Å². The van der Waals surface area contributed by atoms with Gasteiger partial charge in [-0.25, -0.2) is 8.42 Å². The van der Waals surface area contributed by atoms with Crippen molar-refractivity contribution >= 4 is 72.4 Å². The number of fused-ring (bicyclic) bond motifs is 3. The molecule has 9 heteroatoms. The van der Waals surface area contributed by atoms with E-state index < -0.39 is 10.0 Å². The van der Waals surface area contributed by atoms with Crippen LogP contribution in [0.2, 0.25) is 10.0 Å². The summed E-state index contributed by atoms with van der Waals surface area (Å²) in [6.45, 7) is 0.132. The number of hydrogen-bond donors (Lipinski definition) is 1. The lowest BCUT2D eigenvalue weighted by atomic mass is 10.1. The fraction of sp³-hybridized carbons (Fsp3) is 0.174. The highest BCUT2D eigenvalue weighted by Crippen LogP contribution is 2.31. The minimum atomic E-state index is -3.55. The molecule has 0 saturated heterocycles. The van der Waals surface area contributed by atoms with Gasteiger partial charge in [-0.1, -0.05) is 41.4 Å². The number of rotatable bonds is 7. The van der Waals surface area contributed by atoms with Gasteiger partial charge in [0.2, 0.25) is 15.9 Å². The molecule has 0 aliphatic rings. The molecule has 4 rings (SSSR count). The third-order valence-corrected chi connectivity index (χ3v) is 6.95. The molecule has 0 radical (unpaired) electrons. The first-order valence-electron chi connectivity index (χ1n) is 9.86. The summed E-state index contributed by atoms with van der Waals surface area (Å²) in [7, 11) is -3.55.